The van der Waals surface area contributed by atoms with Crippen LogP contribution in [-0.4, -0.2) is 31.2 Å². The van der Waals surface area contributed by atoms with Gasteiger partial charge in [0.1, 0.15) is 17.3 Å². The third-order valence-corrected chi connectivity index (χ3v) is 3.05. The SMILES string of the molecule is NC(=O)CS(=O)(=O)Cc1ccc(C(=O)O)o1. The highest BCUT2D eigenvalue weighted by molar-refractivity contribution is 7.91. The molecule has 0 fully saturated rings. The van der Waals surface area contributed by atoms with E-state index < -0.39 is 33.2 Å². The van der Waals surface area contributed by atoms with E-state index in [0.29, 0.717) is 0 Å². The van der Waals surface area contributed by atoms with Crippen LogP contribution in [0.4, 0.5) is 0 Å². The summed E-state index contributed by atoms with van der Waals surface area (Å²) in [5, 5.41) is 8.52. The molecule has 16 heavy (non-hydrogen) atoms. The van der Waals surface area contributed by atoms with Gasteiger partial charge in [0.2, 0.25) is 11.7 Å². The molecular formula is C8H9NO6S. The van der Waals surface area contributed by atoms with Crippen molar-refractivity contribution in [1.82, 2.24) is 0 Å². The summed E-state index contributed by atoms with van der Waals surface area (Å²) in [6.45, 7) is 0. The van der Waals surface area contributed by atoms with Gasteiger partial charge >= 0.3 is 5.97 Å². The number of rotatable bonds is 5. The zero-order chi connectivity index (χ0) is 12.3. The van der Waals surface area contributed by atoms with Crippen molar-refractivity contribution in [3.63, 3.8) is 0 Å². The van der Waals surface area contributed by atoms with Gasteiger partial charge in [-0.3, -0.25) is 4.79 Å². The van der Waals surface area contributed by atoms with E-state index >= 15 is 0 Å². The van der Waals surface area contributed by atoms with Crippen LogP contribution in [0.15, 0.2) is 16.5 Å². The van der Waals surface area contributed by atoms with E-state index in [1.807, 2.05) is 0 Å². The van der Waals surface area contributed by atoms with E-state index in [2.05, 4.69) is 0 Å². The maximum atomic E-state index is 11.3. The van der Waals surface area contributed by atoms with Crippen LogP contribution >= 0.6 is 0 Å². The molecule has 0 bridgehead atoms. The molecule has 0 unspecified atom stereocenters. The van der Waals surface area contributed by atoms with Gasteiger partial charge in [-0.2, -0.15) is 0 Å². The summed E-state index contributed by atoms with van der Waals surface area (Å²) in [4.78, 5) is 20.9. The van der Waals surface area contributed by atoms with E-state index in [1.54, 1.807) is 0 Å². The largest absolute Gasteiger partial charge is 0.475 e. The number of carbonyl (C=O) groups excluding carboxylic acids is 1. The van der Waals surface area contributed by atoms with E-state index in [-0.39, 0.29) is 11.5 Å². The topological polar surface area (TPSA) is 128 Å². The highest BCUT2D eigenvalue weighted by atomic mass is 32.2. The Morgan fingerprint density at radius 2 is 2.00 bits per heavy atom. The molecule has 0 atom stereocenters. The number of sulfone groups is 1. The fourth-order valence-corrected chi connectivity index (χ4v) is 2.18. The van der Waals surface area contributed by atoms with Gasteiger partial charge in [0, 0.05) is 0 Å². The van der Waals surface area contributed by atoms with Crippen molar-refractivity contribution in [2.75, 3.05) is 5.75 Å². The van der Waals surface area contributed by atoms with Crippen molar-refractivity contribution in [2.24, 2.45) is 5.73 Å². The lowest BCUT2D eigenvalue weighted by Crippen LogP contribution is -2.24. The summed E-state index contributed by atoms with van der Waals surface area (Å²) < 4.78 is 27.3. The maximum absolute atomic E-state index is 11.3. The van der Waals surface area contributed by atoms with Crippen LogP contribution in [0.25, 0.3) is 0 Å². The van der Waals surface area contributed by atoms with E-state index in [4.69, 9.17) is 15.3 Å². The molecule has 1 heterocycles. The number of primary amides is 1. The third kappa shape index (κ3) is 3.39. The van der Waals surface area contributed by atoms with Crippen LogP contribution < -0.4 is 5.73 Å². The van der Waals surface area contributed by atoms with Crippen molar-refractivity contribution in [2.45, 2.75) is 5.75 Å². The predicted octanol–water partition coefficient (Wildman–Crippen LogP) is -0.622. The van der Waals surface area contributed by atoms with Crippen molar-refractivity contribution in [3.05, 3.63) is 23.7 Å². The van der Waals surface area contributed by atoms with Crippen LogP contribution in [-0.2, 0) is 20.4 Å². The molecular weight excluding hydrogens is 238 g/mol. The van der Waals surface area contributed by atoms with Gasteiger partial charge < -0.3 is 15.3 Å². The number of carbonyl (C=O) groups is 2. The molecule has 1 aromatic rings. The fraction of sp³-hybridized carbons (Fsp3) is 0.250. The second kappa shape index (κ2) is 4.35. The number of aromatic carboxylic acids is 1. The van der Waals surface area contributed by atoms with Crippen LogP contribution in [0, 0.1) is 0 Å². The van der Waals surface area contributed by atoms with Crippen molar-refractivity contribution in [3.8, 4) is 0 Å². The Kier molecular flexibility index (Phi) is 3.33. The van der Waals surface area contributed by atoms with Gasteiger partial charge in [0.15, 0.2) is 9.84 Å². The lowest BCUT2D eigenvalue weighted by Gasteiger charge is -1.98. The summed E-state index contributed by atoms with van der Waals surface area (Å²) in [6, 6.07) is 2.36. The fourth-order valence-electron chi connectivity index (χ4n) is 1.05. The van der Waals surface area contributed by atoms with Gasteiger partial charge in [-0.15, -0.1) is 0 Å². The molecule has 8 heteroatoms. The lowest BCUT2D eigenvalue weighted by molar-refractivity contribution is -0.115. The Hall–Kier alpha value is -1.83. The monoisotopic (exact) mass is 247 g/mol. The minimum Gasteiger partial charge on any atom is -0.475 e. The average molecular weight is 247 g/mol. The Balaban J connectivity index is 2.80. The normalized spacial score (nSPS) is 11.2. The standard InChI is InChI=1S/C8H9NO6S/c9-7(10)4-16(13,14)3-5-1-2-6(15-5)8(11)12/h1-2H,3-4H2,(H2,9,10)(H,11,12). The average Bonchev–Trinajstić information content (AvgIpc) is 2.48. The Labute approximate surface area is 90.8 Å². The number of amides is 1. The molecule has 0 saturated carbocycles. The second-order valence-corrected chi connectivity index (χ2v) is 5.13. The van der Waals surface area contributed by atoms with Gasteiger partial charge in [-0.1, -0.05) is 0 Å². The first kappa shape index (κ1) is 12.2. The summed E-state index contributed by atoms with van der Waals surface area (Å²) in [5.41, 5.74) is 4.74. The van der Waals surface area contributed by atoms with Gasteiger partial charge in [-0.25, -0.2) is 13.2 Å². The molecule has 88 valence electrons. The lowest BCUT2D eigenvalue weighted by atomic mass is 10.4. The number of nitrogens with two attached hydrogens (primary N) is 1. The minimum absolute atomic E-state index is 0.0429. The molecule has 0 aliphatic rings. The highest BCUT2D eigenvalue weighted by Gasteiger charge is 2.18. The first-order valence-electron chi connectivity index (χ1n) is 4.11. The molecule has 0 aromatic carbocycles. The van der Waals surface area contributed by atoms with E-state index in [1.165, 1.54) is 6.07 Å². The van der Waals surface area contributed by atoms with Gasteiger partial charge in [0.25, 0.3) is 0 Å². The molecule has 1 amide bonds. The Morgan fingerprint density at radius 3 is 2.44 bits per heavy atom. The summed E-state index contributed by atoms with van der Waals surface area (Å²) in [7, 11) is -3.71. The van der Waals surface area contributed by atoms with Crippen LogP contribution in [0.2, 0.25) is 0 Å². The van der Waals surface area contributed by atoms with E-state index in [0.717, 1.165) is 6.07 Å². The third-order valence-electron chi connectivity index (χ3n) is 1.60. The number of hydrogen-bond donors (Lipinski definition) is 2. The summed E-state index contributed by atoms with van der Waals surface area (Å²) in [6.07, 6.45) is 0. The predicted molar refractivity (Wildman–Crippen MR) is 52.4 cm³/mol. The van der Waals surface area contributed by atoms with Gasteiger partial charge in [0.05, 0.1) is 0 Å². The molecule has 0 aliphatic heterocycles. The zero-order valence-electron chi connectivity index (χ0n) is 8.04. The summed E-state index contributed by atoms with van der Waals surface area (Å²) >= 11 is 0. The first-order valence-corrected chi connectivity index (χ1v) is 5.93. The number of furan rings is 1. The quantitative estimate of drug-likeness (QED) is 0.713. The van der Waals surface area contributed by atoms with Crippen molar-refractivity contribution < 1.29 is 27.5 Å². The molecule has 7 nitrogen and oxygen atoms in total. The van der Waals surface area contributed by atoms with Crippen LogP contribution in [0.3, 0.4) is 0 Å². The number of hydrogen-bond acceptors (Lipinski definition) is 5. The Morgan fingerprint density at radius 1 is 1.38 bits per heavy atom. The molecule has 1 rings (SSSR count). The second-order valence-electron chi connectivity index (χ2n) is 3.07. The van der Waals surface area contributed by atoms with Crippen molar-refractivity contribution >= 4 is 21.7 Å². The molecule has 0 spiro atoms. The van der Waals surface area contributed by atoms with Crippen molar-refractivity contribution in [1.29, 1.82) is 0 Å². The molecule has 0 radical (unpaired) electrons. The maximum Gasteiger partial charge on any atom is 0.371 e. The number of carboxylic acids is 1. The highest BCUT2D eigenvalue weighted by Crippen LogP contribution is 2.11. The number of carboxylic acid groups (broad SMARTS) is 1. The van der Waals surface area contributed by atoms with Gasteiger partial charge in [-0.05, 0) is 12.1 Å². The molecule has 0 saturated heterocycles. The van der Waals surface area contributed by atoms with E-state index in [9.17, 15) is 18.0 Å². The molecule has 3 N–H and O–H groups in total. The minimum atomic E-state index is -3.71. The smallest absolute Gasteiger partial charge is 0.371 e. The van der Waals surface area contributed by atoms with Crippen LogP contribution in [0.1, 0.15) is 16.3 Å². The van der Waals surface area contributed by atoms with Crippen LogP contribution in [0.5, 0.6) is 0 Å². The zero-order valence-corrected chi connectivity index (χ0v) is 8.86. The first-order chi connectivity index (χ1) is 7.30. The Bertz CT molecular complexity index is 514. The molecule has 1 aromatic heterocycles. The molecule has 0 aliphatic carbocycles. The summed E-state index contributed by atoms with van der Waals surface area (Å²) in [5.74, 6) is -4.01.